The highest BCUT2D eigenvalue weighted by atomic mass is 35.5. The highest BCUT2D eigenvalue weighted by molar-refractivity contribution is 7.92. The van der Waals surface area contributed by atoms with E-state index in [4.69, 9.17) is 22.1 Å². The van der Waals surface area contributed by atoms with Crippen molar-refractivity contribution in [1.82, 2.24) is 15.0 Å². The molecule has 29 heavy (non-hydrogen) atoms. The molecule has 2 aromatic heterocycles. The summed E-state index contributed by atoms with van der Waals surface area (Å²) in [5.74, 6) is 4.34. The predicted octanol–water partition coefficient (Wildman–Crippen LogP) is 2.46. The molecule has 0 aliphatic rings. The Labute approximate surface area is 171 Å². The number of aromatic nitrogens is 3. The zero-order chi connectivity index (χ0) is 21.0. The normalized spacial score (nSPS) is 10.7. The third-order valence-corrected chi connectivity index (χ3v) is 5.09. The molecule has 0 aliphatic heterocycles. The molecule has 1 aromatic carbocycles. The Bertz CT molecular complexity index is 1220. The van der Waals surface area contributed by atoms with E-state index in [0.29, 0.717) is 5.56 Å². The van der Waals surface area contributed by atoms with Crippen LogP contribution in [-0.4, -0.2) is 30.5 Å². The fourth-order valence-corrected chi connectivity index (χ4v) is 3.63. The first-order chi connectivity index (χ1) is 13.8. The van der Waals surface area contributed by atoms with Crippen LogP contribution in [-0.2, 0) is 10.0 Å². The Morgan fingerprint density at radius 3 is 2.59 bits per heavy atom. The lowest BCUT2D eigenvalue weighted by Gasteiger charge is -2.12. The molecule has 3 rings (SSSR count). The number of nitrogens with zero attached hydrogens (tertiary/aromatic N) is 3. The van der Waals surface area contributed by atoms with E-state index in [-0.39, 0.29) is 33.0 Å². The minimum Gasteiger partial charge on any atom is -0.480 e. The van der Waals surface area contributed by atoms with E-state index in [0.717, 1.165) is 6.07 Å². The molecule has 0 saturated heterocycles. The lowest BCUT2D eigenvalue weighted by atomic mass is 10.2. The third kappa shape index (κ3) is 4.71. The monoisotopic (exact) mass is 433 g/mol. The van der Waals surface area contributed by atoms with E-state index in [1.165, 1.54) is 43.9 Å². The number of nitrogen functional groups attached to an aromatic ring is 1. The summed E-state index contributed by atoms with van der Waals surface area (Å²) in [5, 5.41) is 0.0805. The fourth-order valence-electron chi connectivity index (χ4n) is 2.20. The number of ether oxygens (including phenoxy) is 1. The van der Waals surface area contributed by atoms with Crippen LogP contribution in [0.5, 0.6) is 5.88 Å². The summed E-state index contributed by atoms with van der Waals surface area (Å²) in [7, 11) is -2.98. The molecule has 148 valence electrons. The first-order valence-corrected chi connectivity index (χ1v) is 9.76. The van der Waals surface area contributed by atoms with E-state index in [1.54, 1.807) is 0 Å². The summed E-state index contributed by atoms with van der Waals surface area (Å²) in [4.78, 5) is 11.0. The number of rotatable bonds is 4. The third-order valence-electron chi connectivity index (χ3n) is 3.52. The minimum absolute atomic E-state index is 0.0294. The molecule has 11 heteroatoms. The van der Waals surface area contributed by atoms with Gasteiger partial charge in [0.2, 0.25) is 11.8 Å². The van der Waals surface area contributed by atoms with Crippen molar-refractivity contribution in [3.8, 4) is 17.7 Å². The van der Waals surface area contributed by atoms with Gasteiger partial charge in [0.05, 0.1) is 28.9 Å². The summed E-state index contributed by atoms with van der Waals surface area (Å²) in [6.45, 7) is 0. The van der Waals surface area contributed by atoms with E-state index in [9.17, 15) is 12.8 Å². The molecular formula is C18H13ClFN5O3S. The maximum Gasteiger partial charge on any atom is 0.267 e. The van der Waals surface area contributed by atoms with Gasteiger partial charge in [-0.05, 0) is 18.2 Å². The van der Waals surface area contributed by atoms with Gasteiger partial charge in [-0.15, -0.1) is 0 Å². The average Bonchev–Trinajstić information content (AvgIpc) is 2.70. The van der Waals surface area contributed by atoms with Gasteiger partial charge in [-0.2, -0.15) is 0 Å². The van der Waals surface area contributed by atoms with Crippen LogP contribution >= 0.6 is 11.6 Å². The molecule has 0 fully saturated rings. The molecule has 0 saturated carbocycles. The SMILES string of the molecule is COc1ncc(Cl)cc1S(=O)(=O)Nc1cccc(C#Cc2cnc(N)nc2)c1F. The maximum absolute atomic E-state index is 14.8. The number of methoxy groups -OCH3 is 1. The number of pyridine rings is 1. The van der Waals surface area contributed by atoms with Crippen LogP contribution in [0.25, 0.3) is 0 Å². The highest BCUT2D eigenvalue weighted by Gasteiger charge is 2.23. The number of anilines is 2. The van der Waals surface area contributed by atoms with Crippen molar-refractivity contribution in [2.75, 3.05) is 17.6 Å². The summed E-state index contributed by atoms with van der Waals surface area (Å²) < 4.78 is 47.3. The molecule has 0 atom stereocenters. The Balaban J connectivity index is 1.94. The summed E-state index contributed by atoms with van der Waals surface area (Å²) in [5.41, 5.74) is 5.49. The zero-order valence-electron chi connectivity index (χ0n) is 14.8. The van der Waals surface area contributed by atoms with Crippen LogP contribution in [0, 0.1) is 17.7 Å². The molecule has 8 nitrogen and oxygen atoms in total. The van der Waals surface area contributed by atoms with E-state index < -0.39 is 15.8 Å². The molecular weight excluding hydrogens is 421 g/mol. The van der Waals surface area contributed by atoms with Crippen molar-refractivity contribution in [3.63, 3.8) is 0 Å². The number of hydrogen-bond donors (Lipinski definition) is 2. The van der Waals surface area contributed by atoms with Crippen LogP contribution in [0.1, 0.15) is 11.1 Å². The first kappa shape index (κ1) is 20.3. The van der Waals surface area contributed by atoms with Crippen molar-refractivity contribution < 1.29 is 17.5 Å². The van der Waals surface area contributed by atoms with Crippen LogP contribution < -0.4 is 15.2 Å². The second kappa shape index (κ2) is 8.30. The fraction of sp³-hybridized carbons (Fsp3) is 0.0556. The van der Waals surface area contributed by atoms with Gasteiger partial charge in [0.15, 0.2) is 10.7 Å². The first-order valence-electron chi connectivity index (χ1n) is 7.90. The average molecular weight is 434 g/mol. The lowest BCUT2D eigenvalue weighted by molar-refractivity contribution is 0.385. The van der Waals surface area contributed by atoms with Crippen LogP contribution in [0.2, 0.25) is 5.02 Å². The number of hydrogen-bond acceptors (Lipinski definition) is 7. The number of sulfonamides is 1. The minimum atomic E-state index is -4.23. The largest absolute Gasteiger partial charge is 0.480 e. The van der Waals surface area contributed by atoms with E-state index >= 15 is 0 Å². The van der Waals surface area contributed by atoms with Gasteiger partial charge in [0.25, 0.3) is 10.0 Å². The van der Waals surface area contributed by atoms with Gasteiger partial charge < -0.3 is 10.5 Å². The number of nitrogens with one attached hydrogen (secondary N) is 1. The summed E-state index contributed by atoms with van der Waals surface area (Å²) in [6, 6.07) is 5.27. The van der Waals surface area contributed by atoms with Crippen molar-refractivity contribution in [2.45, 2.75) is 4.90 Å². The Hall–Kier alpha value is -3.42. The van der Waals surface area contributed by atoms with Gasteiger partial charge in [0, 0.05) is 18.6 Å². The zero-order valence-corrected chi connectivity index (χ0v) is 16.4. The summed E-state index contributed by atoms with van der Waals surface area (Å²) in [6.07, 6.45) is 4.01. The number of nitrogens with two attached hydrogens (primary N) is 1. The number of benzene rings is 1. The van der Waals surface area contributed by atoms with Gasteiger partial charge in [-0.25, -0.2) is 27.8 Å². The predicted molar refractivity (Wildman–Crippen MR) is 105 cm³/mol. The van der Waals surface area contributed by atoms with Crippen molar-refractivity contribution >= 4 is 33.3 Å². The highest BCUT2D eigenvalue weighted by Crippen LogP contribution is 2.27. The van der Waals surface area contributed by atoms with Gasteiger partial charge in [-0.1, -0.05) is 29.5 Å². The maximum atomic E-state index is 14.8. The molecule has 0 aliphatic carbocycles. The standard InChI is InChI=1S/C18H13ClFN5O3S/c1-28-17-15(7-13(19)10-22-17)29(26,27)25-14-4-2-3-12(16(14)20)6-5-11-8-23-18(21)24-9-11/h2-4,7-10,25H,1H3,(H2,21,23,24). The Morgan fingerprint density at radius 2 is 1.90 bits per heavy atom. The molecule has 0 unspecified atom stereocenters. The smallest absolute Gasteiger partial charge is 0.267 e. The van der Waals surface area contributed by atoms with Crippen molar-refractivity contribution in [2.24, 2.45) is 0 Å². The van der Waals surface area contributed by atoms with Crippen LogP contribution in [0.3, 0.4) is 0 Å². The molecule has 2 heterocycles. The quantitative estimate of drug-likeness (QED) is 0.606. The second-order valence-corrected chi connectivity index (χ2v) is 7.60. The summed E-state index contributed by atoms with van der Waals surface area (Å²) >= 11 is 5.83. The molecule has 0 bridgehead atoms. The van der Waals surface area contributed by atoms with Gasteiger partial charge >= 0.3 is 0 Å². The van der Waals surface area contributed by atoms with Crippen molar-refractivity contribution in [1.29, 1.82) is 0 Å². The molecule has 0 amide bonds. The van der Waals surface area contributed by atoms with E-state index in [2.05, 4.69) is 31.5 Å². The molecule has 0 radical (unpaired) electrons. The van der Waals surface area contributed by atoms with Gasteiger partial charge in [0.1, 0.15) is 0 Å². The Morgan fingerprint density at radius 1 is 1.17 bits per heavy atom. The van der Waals surface area contributed by atoms with Crippen LogP contribution in [0.4, 0.5) is 16.0 Å². The topological polar surface area (TPSA) is 120 Å². The molecule has 3 N–H and O–H groups in total. The van der Waals surface area contributed by atoms with Crippen LogP contribution in [0.15, 0.2) is 47.8 Å². The Kier molecular flexibility index (Phi) is 5.81. The number of halogens is 2. The van der Waals surface area contributed by atoms with Crippen molar-refractivity contribution in [3.05, 3.63) is 64.8 Å². The lowest BCUT2D eigenvalue weighted by Crippen LogP contribution is -2.16. The molecule has 3 aromatic rings. The second-order valence-electron chi connectivity index (χ2n) is 5.51. The van der Waals surface area contributed by atoms with E-state index in [1.807, 2.05) is 0 Å². The van der Waals surface area contributed by atoms with Gasteiger partial charge in [-0.3, -0.25) is 4.72 Å². The molecule has 0 spiro atoms.